The molecule has 6 nitrogen and oxygen atoms in total. The Bertz CT molecular complexity index is 543. The van der Waals surface area contributed by atoms with Gasteiger partial charge in [-0.1, -0.05) is 18.2 Å². The van der Waals surface area contributed by atoms with E-state index >= 15 is 0 Å². The van der Waals surface area contributed by atoms with Crippen LogP contribution in [0.25, 0.3) is 0 Å². The molecule has 1 aromatic heterocycles. The third-order valence-electron chi connectivity index (χ3n) is 2.59. The van der Waals surface area contributed by atoms with Gasteiger partial charge >= 0.3 is 0 Å². The smallest absolute Gasteiger partial charge is 0.192 e. The van der Waals surface area contributed by atoms with Crippen molar-refractivity contribution in [2.45, 2.75) is 0 Å². The molecule has 0 spiro atoms. The largest absolute Gasteiger partial charge is 0.371 e. The Balaban J connectivity index is 2.48. The van der Waals surface area contributed by atoms with Crippen molar-refractivity contribution < 1.29 is 0 Å². The van der Waals surface area contributed by atoms with Gasteiger partial charge in [-0.3, -0.25) is 0 Å². The fourth-order valence-electron chi connectivity index (χ4n) is 1.66. The number of aromatic nitrogens is 2. The monoisotopic (exact) mass is 243 g/mol. The van der Waals surface area contributed by atoms with Crippen molar-refractivity contribution in [3.63, 3.8) is 0 Å². The summed E-state index contributed by atoms with van der Waals surface area (Å²) in [6.45, 7) is 0. The summed E-state index contributed by atoms with van der Waals surface area (Å²) in [5.41, 5.74) is 1.12. The summed E-state index contributed by atoms with van der Waals surface area (Å²) in [4.78, 5) is 20.8. The van der Waals surface area contributed by atoms with Crippen LogP contribution in [0, 0.1) is 4.91 Å². The van der Waals surface area contributed by atoms with Crippen molar-refractivity contribution in [2.24, 2.45) is 5.18 Å². The Morgan fingerprint density at radius 2 is 1.94 bits per heavy atom. The molecule has 0 radical (unpaired) electrons. The van der Waals surface area contributed by atoms with Crippen molar-refractivity contribution in [2.75, 3.05) is 24.3 Å². The number of nitrogens with zero attached hydrogens (tertiary/aromatic N) is 4. The molecule has 2 aromatic rings. The van der Waals surface area contributed by atoms with Crippen LogP contribution in [-0.2, 0) is 0 Å². The lowest BCUT2D eigenvalue weighted by Gasteiger charge is -2.19. The summed E-state index contributed by atoms with van der Waals surface area (Å²) in [6, 6.07) is 9.61. The summed E-state index contributed by atoms with van der Waals surface area (Å²) < 4.78 is 0. The molecule has 0 atom stereocenters. The third-order valence-corrected chi connectivity index (χ3v) is 2.59. The molecule has 92 valence electrons. The molecule has 0 fully saturated rings. The van der Waals surface area contributed by atoms with E-state index in [0.29, 0.717) is 11.6 Å². The van der Waals surface area contributed by atoms with Gasteiger partial charge in [-0.2, -0.15) is 0 Å². The van der Waals surface area contributed by atoms with E-state index in [-0.39, 0.29) is 5.69 Å². The van der Waals surface area contributed by atoms with E-state index in [1.165, 1.54) is 6.33 Å². The van der Waals surface area contributed by atoms with Gasteiger partial charge in [0.15, 0.2) is 17.3 Å². The van der Waals surface area contributed by atoms with E-state index in [1.807, 2.05) is 37.4 Å². The van der Waals surface area contributed by atoms with Crippen LogP contribution in [0.4, 0.5) is 23.0 Å². The second-order valence-corrected chi connectivity index (χ2v) is 3.63. The Hall–Kier alpha value is -2.50. The Morgan fingerprint density at radius 3 is 2.56 bits per heavy atom. The predicted octanol–water partition coefficient (Wildman–Crippen LogP) is 2.68. The molecular weight excluding hydrogens is 230 g/mol. The predicted molar refractivity (Wildman–Crippen MR) is 71.5 cm³/mol. The van der Waals surface area contributed by atoms with E-state index in [2.05, 4.69) is 20.5 Å². The van der Waals surface area contributed by atoms with Crippen molar-refractivity contribution in [1.82, 2.24) is 9.97 Å². The van der Waals surface area contributed by atoms with Gasteiger partial charge in [0.05, 0.1) is 0 Å². The first-order valence-electron chi connectivity index (χ1n) is 5.42. The molecule has 0 aliphatic heterocycles. The van der Waals surface area contributed by atoms with Gasteiger partial charge in [0.2, 0.25) is 0 Å². The zero-order valence-electron chi connectivity index (χ0n) is 10.2. The number of para-hydroxylation sites is 1. The minimum atomic E-state index is 0.200. The van der Waals surface area contributed by atoms with E-state index in [1.54, 1.807) is 11.9 Å². The van der Waals surface area contributed by atoms with Gasteiger partial charge in [0, 0.05) is 19.8 Å². The Labute approximate surface area is 105 Å². The molecule has 0 saturated carbocycles. The number of rotatable bonds is 4. The lowest BCUT2D eigenvalue weighted by Crippen LogP contribution is -2.12. The fourth-order valence-corrected chi connectivity index (χ4v) is 1.66. The van der Waals surface area contributed by atoms with Crippen LogP contribution in [0.2, 0.25) is 0 Å². The van der Waals surface area contributed by atoms with E-state index in [0.717, 1.165) is 5.69 Å². The fraction of sp³-hybridized carbons (Fsp3) is 0.167. The van der Waals surface area contributed by atoms with Gasteiger partial charge in [-0.05, 0) is 17.3 Å². The van der Waals surface area contributed by atoms with Crippen LogP contribution in [0.1, 0.15) is 0 Å². The highest BCUT2D eigenvalue weighted by molar-refractivity contribution is 5.77. The number of anilines is 3. The summed E-state index contributed by atoms with van der Waals surface area (Å²) in [6.07, 6.45) is 1.40. The molecule has 0 unspecified atom stereocenters. The maximum atomic E-state index is 10.9. The van der Waals surface area contributed by atoms with E-state index in [4.69, 9.17) is 0 Å². The molecule has 1 heterocycles. The van der Waals surface area contributed by atoms with Crippen molar-refractivity contribution in [3.05, 3.63) is 41.6 Å². The minimum Gasteiger partial charge on any atom is -0.371 e. The lowest BCUT2D eigenvalue weighted by atomic mass is 10.3. The van der Waals surface area contributed by atoms with Crippen molar-refractivity contribution in [1.29, 1.82) is 0 Å². The Kier molecular flexibility index (Phi) is 3.47. The highest BCUT2D eigenvalue weighted by Crippen LogP contribution is 2.34. The summed E-state index contributed by atoms with van der Waals surface area (Å²) in [5, 5.41) is 5.83. The van der Waals surface area contributed by atoms with Gasteiger partial charge in [-0.15, -0.1) is 4.91 Å². The third kappa shape index (κ3) is 2.13. The van der Waals surface area contributed by atoms with Crippen LogP contribution in [0.3, 0.4) is 0 Å². The molecule has 0 aliphatic carbocycles. The van der Waals surface area contributed by atoms with Crippen LogP contribution in [0.15, 0.2) is 41.8 Å². The highest BCUT2D eigenvalue weighted by Gasteiger charge is 2.15. The van der Waals surface area contributed by atoms with Crippen molar-refractivity contribution >= 4 is 23.0 Å². The molecule has 18 heavy (non-hydrogen) atoms. The summed E-state index contributed by atoms with van der Waals surface area (Å²) in [7, 11) is 3.51. The van der Waals surface area contributed by atoms with E-state index in [9.17, 15) is 4.91 Å². The maximum Gasteiger partial charge on any atom is 0.192 e. The first-order valence-corrected chi connectivity index (χ1v) is 5.42. The molecule has 2 rings (SSSR count). The maximum absolute atomic E-state index is 10.9. The quantitative estimate of drug-likeness (QED) is 0.836. The summed E-state index contributed by atoms with van der Waals surface area (Å²) >= 11 is 0. The van der Waals surface area contributed by atoms with E-state index < -0.39 is 0 Å². The number of nitrogens with one attached hydrogen (secondary N) is 1. The average molecular weight is 243 g/mol. The lowest BCUT2D eigenvalue weighted by molar-refractivity contribution is 1.07. The zero-order chi connectivity index (χ0) is 13.0. The molecule has 0 aliphatic rings. The number of benzene rings is 1. The summed E-state index contributed by atoms with van der Waals surface area (Å²) in [5.74, 6) is 0.883. The number of nitroso groups, excluding NO2 is 1. The zero-order valence-corrected chi connectivity index (χ0v) is 10.2. The topological polar surface area (TPSA) is 70.5 Å². The first-order chi connectivity index (χ1) is 8.77. The molecule has 1 N–H and O–H groups in total. The molecule has 1 aromatic carbocycles. The molecular formula is C12H13N5O. The standard InChI is InChI=1S/C12H13N5O/c1-13-11-10(16-18)12(15-8-14-11)17(2)9-6-4-3-5-7-9/h3-8H,1-2H3,(H,13,14,15). The van der Waals surface area contributed by atoms with Gasteiger partial charge < -0.3 is 10.2 Å². The van der Waals surface area contributed by atoms with Gasteiger partial charge in [0.1, 0.15) is 6.33 Å². The molecule has 6 heteroatoms. The number of hydrogen-bond donors (Lipinski definition) is 1. The second kappa shape index (κ2) is 5.22. The first kappa shape index (κ1) is 12.0. The normalized spacial score (nSPS) is 9.89. The number of hydrogen-bond acceptors (Lipinski definition) is 6. The molecule has 0 bridgehead atoms. The van der Waals surface area contributed by atoms with Gasteiger partial charge in [0.25, 0.3) is 0 Å². The Morgan fingerprint density at radius 1 is 1.22 bits per heavy atom. The van der Waals surface area contributed by atoms with Crippen LogP contribution < -0.4 is 10.2 Å². The average Bonchev–Trinajstić information content (AvgIpc) is 2.46. The molecule has 0 amide bonds. The second-order valence-electron chi connectivity index (χ2n) is 3.63. The minimum absolute atomic E-state index is 0.200. The molecule has 0 saturated heterocycles. The SMILES string of the molecule is CNc1ncnc(N(C)c2ccccc2)c1N=O. The highest BCUT2D eigenvalue weighted by atomic mass is 16.3. The van der Waals surface area contributed by atoms with Crippen LogP contribution in [0.5, 0.6) is 0 Å². The van der Waals surface area contributed by atoms with Gasteiger partial charge in [-0.25, -0.2) is 9.97 Å². The van der Waals surface area contributed by atoms with Crippen LogP contribution in [-0.4, -0.2) is 24.1 Å². The van der Waals surface area contributed by atoms with Crippen molar-refractivity contribution in [3.8, 4) is 0 Å². The van der Waals surface area contributed by atoms with Crippen LogP contribution >= 0.6 is 0 Å².